The van der Waals surface area contributed by atoms with Crippen molar-refractivity contribution in [2.24, 2.45) is 0 Å². The largest absolute Gasteiger partial charge is 0.490 e. The van der Waals surface area contributed by atoms with Gasteiger partial charge in [-0.2, -0.15) is 0 Å². The molecule has 0 aliphatic carbocycles. The third-order valence-corrected chi connectivity index (χ3v) is 3.37. The number of rotatable bonds is 1. The number of pyridine rings is 1. The number of nitrogens with zero attached hydrogens (tertiary/aromatic N) is 1. The third kappa shape index (κ3) is 2.18. The van der Waals surface area contributed by atoms with E-state index in [0.717, 1.165) is 34.4 Å². The van der Waals surface area contributed by atoms with Gasteiger partial charge in [-0.25, -0.2) is 4.98 Å². The summed E-state index contributed by atoms with van der Waals surface area (Å²) in [6.07, 6.45) is 0.901. The molecule has 0 spiro atoms. The quantitative estimate of drug-likeness (QED) is 0.854. The first-order valence-electron chi connectivity index (χ1n) is 6.65. The number of hydrogen-bond acceptors (Lipinski definition) is 4. The summed E-state index contributed by atoms with van der Waals surface area (Å²) >= 11 is 0. The molecule has 1 aromatic carbocycles. The minimum absolute atomic E-state index is 0.355. The molecule has 1 aliphatic heterocycles. The van der Waals surface area contributed by atoms with Crippen LogP contribution in [-0.2, 0) is 0 Å². The third-order valence-electron chi connectivity index (χ3n) is 3.37. The van der Waals surface area contributed by atoms with Crippen LogP contribution in [-0.4, -0.2) is 18.2 Å². The lowest BCUT2D eigenvalue weighted by molar-refractivity contribution is 0.297. The van der Waals surface area contributed by atoms with Crippen LogP contribution < -0.4 is 15.2 Å². The van der Waals surface area contributed by atoms with Gasteiger partial charge in [0.15, 0.2) is 11.5 Å². The highest BCUT2D eigenvalue weighted by molar-refractivity contribution is 5.85. The second-order valence-corrected chi connectivity index (χ2v) is 5.16. The van der Waals surface area contributed by atoms with Crippen LogP contribution in [0, 0.1) is 0 Å². The van der Waals surface area contributed by atoms with Crippen LogP contribution >= 0.6 is 0 Å². The van der Waals surface area contributed by atoms with E-state index < -0.39 is 0 Å². The maximum Gasteiger partial charge on any atom is 0.163 e. The summed E-state index contributed by atoms with van der Waals surface area (Å²) in [5.74, 6) is 2.50. The molecule has 0 amide bonds. The normalized spacial score (nSPS) is 14.7. The van der Waals surface area contributed by atoms with Crippen LogP contribution in [0.2, 0.25) is 0 Å². The molecule has 0 unspecified atom stereocenters. The Labute approximate surface area is 112 Å². The molecule has 0 atom stereocenters. The van der Waals surface area contributed by atoms with Crippen molar-refractivity contribution in [1.82, 2.24) is 4.98 Å². The average molecular weight is 258 g/mol. The van der Waals surface area contributed by atoms with Gasteiger partial charge in [0.1, 0.15) is 5.82 Å². The van der Waals surface area contributed by atoms with Crippen molar-refractivity contribution in [2.45, 2.75) is 26.2 Å². The second kappa shape index (κ2) is 4.61. The number of aromatic nitrogens is 1. The minimum atomic E-state index is 0.355. The number of anilines is 1. The van der Waals surface area contributed by atoms with E-state index in [1.165, 1.54) is 0 Å². The summed E-state index contributed by atoms with van der Waals surface area (Å²) in [6.45, 7) is 5.60. The van der Waals surface area contributed by atoms with Crippen molar-refractivity contribution in [1.29, 1.82) is 0 Å². The lowest BCUT2D eigenvalue weighted by Gasteiger charge is -2.12. The Morgan fingerprint density at radius 3 is 2.47 bits per heavy atom. The highest BCUT2D eigenvalue weighted by Crippen LogP contribution is 2.35. The Balaban J connectivity index is 2.18. The van der Waals surface area contributed by atoms with E-state index in [4.69, 9.17) is 15.2 Å². The van der Waals surface area contributed by atoms with Crippen LogP contribution in [0.4, 0.5) is 5.82 Å². The summed E-state index contributed by atoms with van der Waals surface area (Å²) in [7, 11) is 0. The second-order valence-electron chi connectivity index (χ2n) is 5.16. The Kier molecular flexibility index (Phi) is 2.93. The number of fused-ring (bicyclic) bond motifs is 2. The molecule has 0 radical (unpaired) electrons. The zero-order valence-electron chi connectivity index (χ0n) is 11.3. The Morgan fingerprint density at radius 1 is 1.11 bits per heavy atom. The van der Waals surface area contributed by atoms with Gasteiger partial charge in [-0.05, 0) is 23.6 Å². The molecule has 0 saturated carbocycles. The van der Waals surface area contributed by atoms with Crippen LogP contribution in [0.3, 0.4) is 0 Å². The first kappa shape index (κ1) is 12.1. The predicted molar refractivity (Wildman–Crippen MR) is 75.9 cm³/mol. The Morgan fingerprint density at radius 2 is 1.79 bits per heavy atom. The van der Waals surface area contributed by atoms with E-state index in [2.05, 4.69) is 24.9 Å². The van der Waals surface area contributed by atoms with Gasteiger partial charge in [-0.3, -0.25) is 0 Å². The molecule has 2 heterocycles. The van der Waals surface area contributed by atoms with Crippen molar-refractivity contribution in [2.75, 3.05) is 18.9 Å². The number of hydrogen-bond donors (Lipinski definition) is 1. The fourth-order valence-electron chi connectivity index (χ4n) is 2.32. The first-order chi connectivity index (χ1) is 9.15. The van der Waals surface area contributed by atoms with Gasteiger partial charge < -0.3 is 15.2 Å². The molecule has 1 aromatic heterocycles. The van der Waals surface area contributed by atoms with E-state index >= 15 is 0 Å². The van der Waals surface area contributed by atoms with Crippen molar-refractivity contribution < 1.29 is 9.47 Å². The summed E-state index contributed by atoms with van der Waals surface area (Å²) in [6, 6.07) is 6.00. The monoisotopic (exact) mass is 258 g/mol. The average Bonchev–Trinajstić information content (AvgIpc) is 2.59. The maximum absolute atomic E-state index is 6.01. The van der Waals surface area contributed by atoms with Crippen LogP contribution in [0.15, 0.2) is 18.2 Å². The van der Waals surface area contributed by atoms with Gasteiger partial charge in [0, 0.05) is 17.9 Å². The van der Waals surface area contributed by atoms with Gasteiger partial charge in [0.25, 0.3) is 0 Å². The van der Waals surface area contributed by atoms with E-state index in [1.54, 1.807) is 0 Å². The minimum Gasteiger partial charge on any atom is -0.490 e. The highest BCUT2D eigenvalue weighted by Gasteiger charge is 2.14. The number of benzene rings is 1. The Bertz CT molecular complexity index is 623. The van der Waals surface area contributed by atoms with Gasteiger partial charge in [0.05, 0.1) is 18.7 Å². The van der Waals surface area contributed by atoms with E-state index in [1.807, 2.05) is 12.1 Å². The molecule has 2 N–H and O–H groups in total. The molecule has 4 nitrogen and oxygen atoms in total. The molecular formula is C15H18N2O2. The molecule has 19 heavy (non-hydrogen) atoms. The number of ether oxygens (including phenoxy) is 2. The summed E-state index contributed by atoms with van der Waals surface area (Å²) in [5, 5.41) is 1.04. The molecule has 4 heteroatoms. The fraction of sp³-hybridized carbons (Fsp3) is 0.400. The van der Waals surface area contributed by atoms with Gasteiger partial charge in [-0.15, -0.1) is 0 Å². The molecule has 100 valence electrons. The number of nitrogen functional groups attached to an aromatic ring is 1. The van der Waals surface area contributed by atoms with Gasteiger partial charge in [0.2, 0.25) is 0 Å². The standard InChI is InChI=1S/C15H18N2O2/c1-9(2)11-6-10-7-13-14(19-5-3-4-18-13)8-12(10)17-15(11)16/h6-9H,3-5H2,1-2H3,(H2,16,17). The zero-order chi connectivity index (χ0) is 13.4. The van der Waals surface area contributed by atoms with Crippen molar-refractivity contribution in [3.05, 3.63) is 23.8 Å². The first-order valence-corrected chi connectivity index (χ1v) is 6.65. The molecule has 3 rings (SSSR count). The molecule has 0 bridgehead atoms. The SMILES string of the molecule is CC(C)c1cc2cc3c(cc2nc1N)OCCCO3. The Hall–Kier alpha value is -1.97. The fourth-order valence-corrected chi connectivity index (χ4v) is 2.32. The van der Waals surface area contributed by atoms with Crippen LogP contribution in [0.1, 0.15) is 31.7 Å². The van der Waals surface area contributed by atoms with Gasteiger partial charge in [-0.1, -0.05) is 13.8 Å². The molecular weight excluding hydrogens is 240 g/mol. The summed E-state index contributed by atoms with van der Waals surface area (Å²) < 4.78 is 11.4. The molecule has 0 fully saturated rings. The predicted octanol–water partition coefficient (Wildman–Crippen LogP) is 3.10. The van der Waals surface area contributed by atoms with Crippen LogP contribution in [0.5, 0.6) is 11.5 Å². The van der Waals surface area contributed by atoms with Crippen LogP contribution in [0.25, 0.3) is 10.9 Å². The zero-order valence-corrected chi connectivity index (χ0v) is 11.3. The van der Waals surface area contributed by atoms with E-state index in [0.29, 0.717) is 24.9 Å². The van der Waals surface area contributed by atoms with E-state index in [-0.39, 0.29) is 0 Å². The molecule has 2 aromatic rings. The molecule has 1 aliphatic rings. The van der Waals surface area contributed by atoms with Crippen molar-refractivity contribution in [3.8, 4) is 11.5 Å². The van der Waals surface area contributed by atoms with Crippen molar-refractivity contribution in [3.63, 3.8) is 0 Å². The van der Waals surface area contributed by atoms with Gasteiger partial charge >= 0.3 is 0 Å². The smallest absolute Gasteiger partial charge is 0.163 e. The number of nitrogens with two attached hydrogens (primary N) is 1. The topological polar surface area (TPSA) is 57.4 Å². The lowest BCUT2D eigenvalue weighted by atomic mass is 10.0. The van der Waals surface area contributed by atoms with E-state index in [9.17, 15) is 0 Å². The highest BCUT2D eigenvalue weighted by atomic mass is 16.5. The molecule has 0 saturated heterocycles. The lowest BCUT2D eigenvalue weighted by Crippen LogP contribution is -2.00. The van der Waals surface area contributed by atoms with Crippen molar-refractivity contribution >= 4 is 16.7 Å². The summed E-state index contributed by atoms with van der Waals surface area (Å²) in [5.41, 5.74) is 7.94. The summed E-state index contributed by atoms with van der Waals surface area (Å²) in [4.78, 5) is 4.48. The maximum atomic E-state index is 6.01.